The maximum Gasteiger partial charge on any atom is 0.311 e. The summed E-state index contributed by atoms with van der Waals surface area (Å²) in [4.78, 5) is 28.6. The van der Waals surface area contributed by atoms with Gasteiger partial charge in [0.2, 0.25) is 5.91 Å². The van der Waals surface area contributed by atoms with E-state index in [0.29, 0.717) is 23.9 Å². The van der Waals surface area contributed by atoms with Crippen LogP contribution >= 0.6 is 22.7 Å². The topological polar surface area (TPSA) is 94.3 Å². The van der Waals surface area contributed by atoms with E-state index in [0.717, 1.165) is 4.88 Å². The summed E-state index contributed by atoms with van der Waals surface area (Å²) < 4.78 is 4.85. The Morgan fingerprint density at radius 1 is 1.45 bits per heavy atom. The lowest BCUT2D eigenvalue weighted by Gasteiger charge is -2.09. The number of carbonyl (C=O) groups is 2. The van der Waals surface area contributed by atoms with Crippen molar-refractivity contribution in [2.45, 2.75) is 25.8 Å². The number of thiophene rings is 1. The average molecular weight is 339 g/mol. The summed E-state index contributed by atoms with van der Waals surface area (Å²) >= 11 is 2.83. The SMILES string of the molecule is CCOC(=O)Cc1csc(NC(=O)C(N)Cc2cccs2)n1. The zero-order valence-corrected chi connectivity index (χ0v) is 13.7. The Kier molecular flexibility index (Phi) is 6.05. The van der Waals surface area contributed by atoms with Gasteiger partial charge in [-0.3, -0.25) is 9.59 Å². The molecule has 0 aliphatic carbocycles. The van der Waals surface area contributed by atoms with Gasteiger partial charge in [0.15, 0.2) is 5.13 Å². The first-order chi connectivity index (χ1) is 10.6. The van der Waals surface area contributed by atoms with Gasteiger partial charge in [0.25, 0.3) is 0 Å². The van der Waals surface area contributed by atoms with Crippen LogP contribution in [-0.2, 0) is 27.2 Å². The van der Waals surface area contributed by atoms with Gasteiger partial charge in [-0.1, -0.05) is 6.07 Å². The van der Waals surface area contributed by atoms with Crippen LogP contribution in [0.25, 0.3) is 0 Å². The van der Waals surface area contributed by atoms with Gasteiger partial charge < -0.3 is 15.8 Å². The molecule has 118 valence electrons. The second kappa shape index (κ2) is 8.02. The Bertz CT molecular complexity index is 625. The van der Waals surface area contributed by atoms with Gasteiger partial charge in [-0.2, -0.15) is 0 Å². The number of rotatable bonds is 7. The maximum atomic E-state index is 12.0. The molecule has 0 aromatic carbocycles. The van der Waals surface area contributed by atoms with Crippen LogP contribution in [0.1, 0.15) is 17.5 Å². The van der Waals surface area contributed by atoms with Crippen LogP contribution in [-0.4, -0.2) is 29.5 Å². The Balaban J connectivity index is 1.86. The molecule has 0 saturated heterocycles. The molecule has 2 aromatic rings. The minimum absolute atomic E-state index is 0.0987. The summed E-state index contributed by atoms with van der Waals surface area (Å²) in [5.41, 5.74) is 6.46. The van der Waals surface area contributed by atoms with Gasteiger partial charge in [0.05, 0.1) is 24.8 Å². The average Bonchev–Trinajstić information content (AvgIpc) is 3.11. The van der Waals surface area contributed by atoms with E-state index in [4.69, 9.17) is 10.5 Å². The van der Waals surface area contributed by atoms with Gasteiger partial charge in [-0.25, -0.2) is 4.98 Å². The fourth-order valence-electron chi connectivity index (χ4n) is 1.74. The van der Waals surface area contributed by atoms with Crippen LogP contribution < -0.4 is 11.1 Å². The molecule has 1 atom stereocenters. The summed E-state index contributed by atoms with van der Waals surface area (Å²) in [5, 5.41) is 6.78. The monoisotopic (exact) mass is 339 g/mol. The molecule has 2 aromatic heterocycles. The van der Waals surface area contributed by atoms with E-state index in [9.17, 15) is 9.59 Å². The molecule has 0 bridgehead atoms. The summed E-state index contributed by atoms with van der Waals surface area (Å²) in [5.74, 6) is -0.620. The molecular weight excluding hydrogens is 322 g/mol. The van der Waals surface area contributed by atoms with E-state index in [2.05, 4.69) is 10.3 Å². The van der Waals surface area contributed by atoms with Crippen LogP contribution in [0.2, 0.25) is 0 Å². The second-order valence-corrected chi connectivity index (χ2v) is 6.40. The third-order valence-corrected chi connectivity index (χ3v) is 4.46. The molecule has 3 N–H and O–H groups in total. The van der Waals surface area contributed by atoms with E-state index < -0.39 is 6.04 Å². The molecule has 0 saturated carbocycles. The predicted octanol–water partition coefficient (Wildman–Crippen LogP) is 1.82. The largest absolute Gasteiger partial charge is 0.466 e. The summed E-state index contributed by atoms with van der Waals surface area (Å²) in [7, 11) is 0. The Labute approximate surface area is 136 Å². The number of hydrogen-bond acceptors (Lipinski definition) is 7. The van der Waals surface area contributed by atoms with Crippen LogP contribution in [0.15, 0.2) is 22.9 Å². The second-order valence-electron chi connectivity index (χ2n) is 4.51. The lowest BCUT2D eigenvalue weighted by Crippen LogP contribution is -2.37. The molecule has 2 heterocycles. The number of hydrogen-bond donors (Lipinski definition) is 2. The highest BCUT2D eigenvalue weighted by molar-refractivity contribution is 7.14. The van der Waals surface area contributed by atoms with E-state index >= 15 is 0 Å². The Morgan fingerprint density at radius 2 is 2.27 bits per heavy atom. The highest BCUT2D eigenvalue weighted by atomic mass is 32.1. The van der Waals surface area contributed by atoms with Gasteiger partial charge in [0.1, 0.15) is 0 Å². The van der Waals surface area contributed by atoms with Crippen LogP contribution in [0.4, 0.5) is 5.13 Å². The number of nitrogens with zero attached hydrogens (tertiary/aromatic N) is 1. The number of nitrogens with one attached hydrogen (secondary N) is 1. The van der Waals surface area contributed by atoms with Crippen molar-refractivity contribution in [2.24, 2.45) is 5.73 Å². The van der Waals surface area contributed by atoms with Crippen molar-refractivity contribution >= 4 is 39.7 Å². The normalized spacial score (nSPS) is 11.9. The molecule has 1 unspecified atom stereocenters. The van der Waals surface area contributed by atoms with Gasteiger partial charge in [0, 0.05) is 16.7 Å². The van der Waals surface area contributed by atoms with Gasteiger partial charge >= 0.3 is 5.97 Å². The number of thiazole rings is 1. The number of anilines is 1. The number of ether oxygens (including phenoxy) is 1. The first-order valence-electron chi connectivity index (χ1n) is 6.77. The molecule has 8 heteroatoms. The number of aromatic nitrogens is 1. The highest BCUT2D eigenvalue weighted by Gasteiger charge is 2.17. The minimum atomic E-state index is -0.629. The molecule has 0 aliphatic rings. The lowest BCUT2D eigenvalue weighted by molar-refractivity contribution is -0.142. The Hall–Kier alpha value is -1.77. The van der Waals surface area contributed by atoms with E-state index in [1.54, 1.807) is 23.6 Å². The van der Waals surface area contributed by atoms with Crippen LogP contribution in [0, 0.1) is 0 Å². The number of nitrogens with two attached hydrogens (primary N) is 1. The molecule has 0 radical (unpaired) electrons. The lowest BCUT2D eigenvalue weighted by atomic mass is 10.2. The van der Waals surface area contributed by atoms with Gasteiger partial charge in [-0.15, -0.1) is 22.7 Å². The summed E-state index contributed by atoms with van der Waals surface area (Å²) in [6, 6.07) is 3.24. The summed E-state index contributed by atoms with van der Waals surface area (Å²) in [6.07, 6.45) is 0.589. The fourth-order valence-corrected chi connectivity index (χ4v) is 3.22. The quantitative estimate of drug-likeness (QED) is 0.750. The highest BCUT2D eigenvalue weighted by Crippen LogP contribution is 2.17. The van der Waals surface area contributed by atoms with Crippen LogP contribution in [0.5, 0.6) is 0 Å². The molecule has 22 heavy (non-hydrogen) atoms. The first-order valence-corrected chi connectivity index (χ1v) is 8.53. The molecule has 0 spiro atoms. The number of amides is 1. The number of esters is 1. The van der Waals surface area contributed by atoms with E-state index in [-0.39, 0.29) is 18.3 Å². The maximum absolute atomic E-state index is 12.0. The van der Waals surface area contributed by atoms with E-state index in [1.165, 1.54) is 11.3 Å². The van der Waals surface area contributed by atoms with E-state index in [1.807, 2.05) is 17.5 Å². The molecular formula is C14H17N3O3S2. The number of carbonyl (C=O) groups excluding carboxylic acids is 2. The van der Waals surface area contributed by atoms with Crippen molar-refractivity contribution in [3.05, 3.63) is 33.5 Å². The minimum Gasteiger partial charge on any atom is -0.466 e. The standard InChI is InChI=1S/C14H17N3O3S2/c1-2-20-12(18)6-9-8-22-14(16-9)17-13(19)11(15)7-10-4-3-5-21-10/h3-5,8,11H,2,6-7,15H2,1H3,(H,16,17,19). The van der Waals surface area contributed by atoms with Gasteiger partial charge in [-0.05, 0) is 18.4 Å². The van der Waals surface area contributed by atoms with Crippen molar-refractivity contribution in [1.29, 1.82) is 0 Å². The fraction of sp³-hybridized carbons (Fsp3) is 0.357. The summed E-state index contributed by atoms with van der Waals surface area (Å²) in [6.45, 7) is 2.09. The van der Waals surface area contributed by atoms with Crippen molar-refractivity contribution in [2.75, 3.05) is 11.9 Å². The molecule has 2 rings (SSSR count). The molecule has 0 aliphatic heterocycles. The smallest absolute Gasteiger partial charge is 0.311 e. The van der Waals surface area contributed by atoms with Crippen molar-refractivity contribution < 1.29 is 14.3 Å². The molecule has 0 fully saturated rings. The van der Waals surface area contributed by atoms with Crippen molar-refractivity contribution in [3.8, 4) is 0 Å². The van der Waals surface area contributed by atoms with Crippen LogP contribution in [0.3, 0.4) is 0 Å². The molecule has 1 amide bonds. The zero-order chi connectivity index (χ0) is 15.9. The third-order valence-electron chi connectivity index (χ3n) is 2.75. The Morgan fingerprint density at radius 3 is 2.95 bits per heavy atom. The zero-order valence-electron chi connectivity index (χ0n) is 12.1. The van der Waals surface area contributed by atoms with Crippen molar-refractivity contribution in [3.63, 3.8) is 0 Å². The third kappa shape index (κ3) is 4.90. The van der Waals surface area contributed by atoms with Crippen molar-refractivity contribution in [1.82, 2.24) is 4.98 Å². The predicted molar refractivity (Wildman–Crippen MR) is 87.1 cm³/mol. The first kappa shape index (κ1) is 16.6. The molecule has 6 nitrogen and oxygen atoms in total.